The molecule has 4 heteroatoms. The van der Waals surface area contributed by atoms with Crippen LogP contribution in [0.1, 0.15) is 24.5 Å². The van der Waals surface area contributed by atoms with Crippen LogP contribution in [-0.2, 0) is 6.54 Å². The van der Waals surface area contributed by atoms with Crippen LogP contribution in [0, 0.1) is 17.2 Å². The molecule has 0 spiro atoms. The van der Waals surface area contributed by atoms with Gasteiger partial charge in [0.1, 0.15) is 5.75 Å². The van der Waals surface area contributed by atoms with Gasteiger partial charge in [-0.1, -0.05) is 6.92 Å². The number of nitrogens with zero attached hydrogens (tertiary/aromatic N) is 2. The van der Waals surface area contributed by atoms with Gasteiger partial charge in [0, 0.05) is 31.2 Å². The number of piperidine rings is 1. The molecule has 1 aromatic rings. The van der Waals surface area contributed by atoms with Crippen molar-refractivity contribution in [1.82, 2.24) is 4.90 Å². The Morgan fingerprint density at radius 1 is 1.47 bits per heavy atom. The van der Waals surface area contributed by atoms with E-state index in [4.69, 9.17) is 15.7 Å². The molecule has 4 nitrogen and oxygen atoms in total. The Morgan fingerprint density at radius 2 is 2.26 bits per heavy atom. The van der Waals surface area contributed by atoms with Gasteiger partial charge in [-0.25, -0.2) is 0 Å². The van der Waals surface area contributed by atoms with Crippen LogP contribution in [-0.4, -0.2) is 31.1 Å². The smallest absolute Gasteiger partial charge is 0.123 e. The van der Waals surface area contributed by atoms with Crippen molar-refractivity contribution in [3.05, 3.63) is 29.3 Å². The van der Waals surface area contributed by atoms with E-state index in [0.29, 0.717) is 11.5 Å². The molecule has 1 fully saturated rings. The van der Waals surface area contributed by atoms with Crippen LogP contribution in [0.15, 0.2) is 18.2 Å². The minimum atomic E-state index is 0.244. The van der Waals surface area contributed by atoms with Crippen molar-refractivity contribution in [2.45, 2.75) is 25.9 Å². The van der Waals surface area contributed by atoms with Gasteiger partial charge in [0.15, 0.2) is 0 Å². The monoisotopic (exact) mass is 259 g/mol. The number of methoxy groups -OCH3 is 1. The van der Waals surface area contributed by atoms with Gasteiger partial charge in [0.25, 0.3) is 0 Å². The number of nitrogens with two attached hydrogens (primary N) is 1. The first-order chi connectivity index (χ1) is 9.12. The van der Waals surface area contributed by atoms with Crippen molar-refractivity contribution in [1.29, 1.82) is 5.26 Å². The van der Waals surface area contributed by atoms with Crippen molar-refractivity contribution in [2.75, 3.05) is 20.2 Å². The maximum absolute atomic E-state index is 8.99. The lowest BCUT2D eigenvalue weighted by atomic mass is 9.96. The predicted octanol–water partition coefficient (Wildman–Crippen LogP) is 1.74. The summed E-state index contributed by atoms with van der Waals surface area (Å²) < 4.78 is 5.37. The van der Waals surface area contributed by atoms with E-state index in [1.807, 2.05) is 12.1 Å². The lowest BCUT2D eigenvalue weighted by Gasteiger charge is -2.35. The molecule has 2 N–H and O–H groups in total. The number of rotatable bonds is 3. The molecule has 1 heterocycles. The number of hydrogen-bond donors (Lipinski definition) is 1. The zero-order chi connectivity index (χ0) is 13.8. The Labute approximate surface area is 114 Å². The van der Waals surface area contributed by atoms with Crippen molar-refractivity contribution in [3.8, 4) is 11.8 Å². The van der Waals surface area contributed by atoms with E-state index in [1.54, 1.807) is 13.2 Å². The van der Waals surface area contributed by atoms with Gasteiger partial charge in [-0.2, -0.15) is 5.26 Å². The van der Waals surface area contributed by atoms with Crippen molar-refractivity contribution < 1.29 is 4.74 Å². The van der Waals surface area contributed by atoms with Gasteiger partial charge in [0.2, 0.25) is 0 Å². The fourth-order valence-corrected chi connectivity index (χ4v) is 2.85. The highest BCUT2D eigenvalue weighted by Crippen LogP contribution is 2.24. The van der Waals surface area contributed by atoms with E-state index in [-0.39, 0.29) is 6.04 Å². The Kier molecular flexibility index (Phi) is 4.41. The molecule has 1 aliphatic rings. The second kappa shape index (κ2) is 6.05. The van der Waals surface area contributed by atoms with Gasteiger partial charge < -0.3 is 10.5 Å². The third-order valence-electron chi connectivity index (χ3n) is 3.57. The molecule has 1 saturated heterocycles. The van der Waals surface area contributed by atoms with E-state index in [1.165, 1.54) is 0 Å². The highest BCUT2D eigenvalue weighted by Gasteiger charge is 2.22. The van der Waals surface area contributed by atoms with Crippen LogP contribution in [0.4, 0.5) is 0 Å². The number of hydrogen-bond acceptors (Lipinski definition) is 4. The quantitative estimate of drug-likeness (QED) is 0.898. The topological polar surface area (TPSA) is 62.3 Å². The molecule has 0 bridgehead atoms. The Bertz CT molecular complexity index is 471. The first-order valence-corrected chi connectivity index (χ1v) is 6.67. The fourth-order valence-electron chi connectivity index (χ4n) is 2.85. The molecule has 0 amide bonds. The summed E-state index contributed by atoms with van der Waals surface area (Å²) in [5.41, 5.74) is 7.80. The standard InChI is InChI=1S/C15H21N3O/c1-11-5-14(17)10-18(8-11)9-13-6-12(7-16)3-4-15(13)19-2/h3-4,6,11,14H,5,8-10,17H2,1-2H3. The van der Waals surface area contributed by atoms with Gasteiger partial charge in [-0.05, 0) is 30.5 Å². The molecular formula is C15H21N3O. The molecule has 0 aliphatic carbocycles. The van der Waals surface area contributed by atoms with E-state index in [9.17, 15) is 0 Å². The van der Waals surface area contributed by atoms with E-state index in [2.05, 4.69) is 17.9 Å². The second-order valence-electron chi connectivity index (χ2n) is 5.43. The van der Waals surface area contributed by atoms with Gasteiger partial charge in [-0.15, -0.1) is 0 Å². The van der Waals surface area contributed by atoms with Crippen LogP contribution in [0.3, 0.4) is 0 Å². The first kappa shape index (κ1) is 13.9. The summed E-state index contributed by atoms with van der Waals surface area (Å²) in [6.45, 7) is 4.98. The van der Waals surface area contributed by atoms with Crippen molar-refractivity contribution in [3.63, 3.8) is 0 Å². The summed E-state index contributed by atoms with van der Waals surface area (Å²) in [6.07, 6.45) is 1.09. The Balaban J connectivity index is 2.15. The molecular weight excluding hydrogens is 238 g/mol. The summed E-state index contributed by atoms with van der Waals surface area (Å²) in [7, 11) is 1.66. The lowest BCUT2D eigenvalue weighted by Crippen LogP contribution is -2.45. The second-order valence-corrected chi connectivity index (χ2v) is 5.43. The maximum atomic E-state index is 8.99. The Hall–Kier alpha value is -1.57. The van der Waals surface area contributed by atoms with E-state index < -0.39 is 0 Å². The molecule has 19 heavy (non-hydrogen) atoms. The SMILES string of the molecule is COc1ccc(C#N)cc1CN1CC(C)CC(N)C1. The molecule has 0 aromatic heterocycles. The number of benzene rings is 1. The number of ether oxygens (including phenoxy) is 1. The lowest BCUT2D eigenvalue weighted by molar-refractivity contribution is 0.157. The summed E-state index contributed by atoms with van der Waals surface area (Å²) in [5, 5.41) is 8.99. The third-order valence-corrected chi connectivity index (χ3v) is 3.57. The summed E-state index contributed by atoms with van der Waals surface area (Å²) in [6, 6.07) is 7.97. The molecule has 0 saturated carbocycles. The predicted molar refractivity (Wildman–Crippen MR) is 74.7 cm³/mol. The van der Waals surface area contributed by atoms with Crippen LogP contribution < -0.4 is 10.5 Å². The van der Waals surface area contributed by atoms with Crippen LogP contribution in [0.2, 0.25) is 0 Å². The van der Waals surface area contributed by atoms with Crippen LogP contribution in [0.5, 0.6) is 5.75 Å². The number of nitriles is 1. The third kappa shape index (κ3) is 3.46. The minimum absolute atomic E-state index is 0.244. The Morgan fingerprint density at radius 3 is 2.89 bits per heavy atom. The minimum Gasteiger partial charge on any atom is -0.496 e. The molecule has 2 unspecified atom stereocenters. The first-order valence-electron chi connectivity index (χ1n) is 6.67. The van der Waals surface area contributed by atoms with Crippen molar-refractivity contribution in [2.24, 2.45) is 11.7 Å². The largest absolute Gasteiger partial charge is 0.496 e. The van der Waals surface area contributed by atoms with E-state index >= 15 is 0 Å². The molecule has 0 radical (unpaired) electrons. The summed E-state index contributed by atoms with van der Waals surface area (Å²) in [4.78, 5) is 2.35. The fraction of sp³-hybridized carbons (Fsp3) is 0.533. The molecule has 2 rings (SSSR count). The van der Waals surface area contributed by atoms with Gasteiger partial charge in [0.05, 0.1) is 18.7 Å². The van der Waals surface area contributed by atoms with Crippen LogP contribution in [0.25, 0.3) is 0 Å². The van der Waals surface area contributed by atoms with E-state index in [0.717, 1.165) is 37.4 Å². The highest BCUT2D eigenvalue weighted by molar-refractivity contribution is 5.42. The molecule has 2 atom stereocenters. The van der Waals surface area contributed by atoms with Crippen molar-refractivity contribution >= 4 is 0 Å². The average Bonchev–Trinajstić information content (AvgIpc) is 2.37. The van der Waals surface area contributed by atoms with Crippen LogP contribution >= 0.6 is 0 Å². The molecule has 1 aromatic carbocycles. The summed E-state index contributed by atoms with van der Waals surface area (Å²) >= 11 is 0. The maximum Gasteiger partial charge on any atom is 0.123 e. The summed E-state index contributed by atoms with van der Waals surface area (Å²) in [5.74, 6) is 1.46. The number of likely N-dealkylation sites (tertiary alicyclic amines) is 1. The molecule has 1 aliphatic heterocycles. The average molecular weight is 259 g/mol. The van der Waals surface area contributed by atoms with Gasteiger partial charge in [-0.3, -0.25) is 4.90 Å². The normalized spacial score (nSPS) is 23.9. The zero-order valence-electron chi connectivity index (χ0n) is 11.6. The molecule has 102 valence electrons. The highest BCUT2D eigenvalue weighted by atomic mass is 16.5. The zero-order valence-corrected chi connectivity index (χ0v) is 11.6. The van der Waals surface area contributed by atoms with Gasteiger partial charge >= 0.3 is 0 Å².